The molecular weight excluding hydrogens is 518 g/mol. The second-order valence-electron chi connectivity index (χ2n) is 7.95. The van der Waals surface area contributed by atoms with Gasteiger partial charge in [-0.25, -0.2) is 18.0 Å². The average Bonchev–Trinajstić information content (AvgIpc) is 3.25. The van der Waals surface area contributed by atoms with Gasteiger partial charge in [-0.15, -0.1) is 24.5 Å². The molecule has 1 aliphatic heterocycles. The van der Waals surface area contributed by atoms with E-state index in [9.17, 15) is 22.8 Å². The van der Waals surface area contributed by atoms with Crippen molar-refractivity contribution in [3.63, 3.8) is 0 Å². The van der Waals surface area contributed by atoms with Gasteiger partial charge in [-0.1, -0.05) is 12.2 Å². The Hall–Kier alpha value is -3.48. The number of fused-ring (bicyclic) bond motifs is 1. The van der Waals surface area contributed by atoms with Crippen molar-refractivity contribution < 1.29 is 32.3 Å². The van der Waals surface area contributed by atoms with Crippen LogP contribution in [0.15, 0.2) is 54.5 Å². The van der Waals surface area contributed by atoms with Crippen molar-refractivity contribution >= 4 is 44.3 Å². The summed E-state index contributed by atoms with van der Waals surface area (Å²) in [6, 6.07) is 5.49. The Kier molecular flexibility index (Phi) is 9.24. The van der Waals surface area contributed by atoms with E-state index in [0.29, 0.717) is 18.0 Å². The van der Waals surface area contributed by atoms with Crippen molar-refractivity contribution in [3.05, 3.63) is 71.1 Å². The molecule has 2 aromatic rings. The number of thiophene rings is 1. The van der Waals surface area contributed by atoms with Gasteiger partial charge in [-0.05, 0) is 43.2 Å². The lowest BCUT2D eigenvalue weighted by molar-refractivity contribution is 0.0600. The Morgan fingerprint density at radius 1 is 1.16 bits per heavy atom. The minimum Gasteiger partial charge on any atom is -0.465 e. The molecule has 0 atom stereocenters. The number of hydrogen-bond acceptors (Lipinski definition) is 8. The monoisotopic (exact) mass is 547 g/mol. The average molecular weight is 548 g/mol. The largest absolute Gasteiger partial charge is 0.465 e. The summed E-state index contributed by atoms with van der Waals surface area (Å²) in [4.78, 5) is 40.1. The summed E-state index contributed by atoms with van der Waals surface area (Å²) >= 11 is 1.19. The van der Waals surface area contributed by atoms with Crippen molar-refractivity contribution in [2.24, 2.45) is 0 Å². The van der Waals surface area contributed by atoms with Gasteiger partial charge >= 0.3 is 12.1 Å². The van der Waals surface area contributed by atoms with Crippen molar-refractivity contribution in [3.8, 4) is 0 Å². The van der Waals surface area contributed by atoms with Gasteiger partial charge < -0.3 is 19.7 Å². The number of amides is 2. The summed E-state index contributed by atoms with van der Waals surface area (Å²) in [5.41, 5.74) is 1.18. The summed E-state index contributed by atoms with van der Waals surface area (Å²) in [6.07, 6.45) is 2.92. The third-order valence-corrected chi connectivity index (χ3v) is 8.60. The predicted octanol–water partition coefficient (Wildman–Crippen LogP) is 3.66. The van der Waals surface area contributed by atoms with Crippen LogP contribution in [0.3, 0.4) is 0 Å². The van der Waals surface area contributed by atoms with Gasteiger partial charge in [0.05, 0.1) is 30.7 Å². The first-order chi connectivity index (χ1) is 17.7. The van der Waals surface area contributed by atoms with Gasteiger partial charge in [0.15, 0.2) is 0 Å². The summed E-state index contributed by atoms with van der Waals surface area (Å²) in [6.45, 7) is 9.99. The molecule has 10 nitrogen and oxygen atoms in total. The van der Waals surface area contributed by atoms with E-state index in [1.807, 2.05) is 0 Å². The lowest BCUT2D eigenvalue weighted by atomic mass is 10.0. The van der Waals surface area contributed by atoms with Crippen LogP contribution in [0.5, 0.6) is 0 Å². The second-order valence-corrected chi connectivity index (χ2v) is 11.0. The molecule has 12 heteroatoms. The number of carbonyl (C=O) groups excluding carboxylic acids is 3. The van der Waals surface area contributed by atoms with Crippen molar-refractivity contribution in [2.75, 3.05) is 38.7 Å². The van der Waals surface area contributed by atoms with Crippen molar-refractivity contribution in [2.45, 2.75) is 24.8 Å². The topological polar surface area (TPSA) is 122 Å². The lowest BCUT2D eigenvalue weighted by Gasteiger charge is -2.26. The highest BCUT2D eigenvalue weighted by atomic mass is 32.2. The molecule has 0 radical (unpaired) electrons. The fourth-order valence-electron chi connectivity index (χ4n) is 3.84. The van der Waals surface area contributed by atoms with Gasteiger partial charge in [0.2, 0.25) is 10.0 Å². The molecule has 3 rings (SSSR count). The smallest absolute Gasteiger partial charge is 0.410 e. The van der Waals surface area contributed by atoms with Crippen molar-refractivity contribution in [1.82, 2.24) is 9.21 Å². The summed E-state index contributed by atoms with van der Waals surface area (Å²) in [5.74, 6) is -1.12. The Bertz CT molecular complexity index is 1290. The Balaban J connectivity index is 1.85. The molecule has 0 saturated heterocycles. The van der Waals surface area contributed by atoms with Crippen LogP contribution in [-0.4, -0.2) is 68.9 Å². The van der Waals surface area contributed by atoms with Crippen LogP contribution in [-0.2, 0) is 32.5 Å². The summed E-state index contributed by atoms with van der Waals surface area (Å²) in [5, 5.41) is 3.05. The lowest BCUT2D eigenvalue weighted by Crippen LogP contribution is -2.36. The van der Waals surface area contributed by atoms with E-state index in [-0.39, 0.29) is 42.3 Å². The molecule has 2 amide bonds. The highest BCUT2D eigenvalue weighted by Crippen LogP contribution is 2.38. The van der Waals surface area contributed by atoms with Crippen LogP contribution in [0.4, 0.5) is 9.80 Å². The number of anilines is 1. The molecule has 1 aliphatic rings. The molecule has 1 aromatic carbocycles. The number of sulfonamides is 1. The number of esters is 1. The SMILES string of the molecule is C=CCN(CC=C)S(=O)(=O)c1ccc(C(=O)Nc2sc3c(c2C(=O)OC)CCN(C(=O)OCC)C3)cc1. The predicted molar refractivity (Wildman–Crippen MR) is 140 cm³/mol. The maximum atomic E-state index is 13.0. The fourth-order valence-corrected chi connectivity index (χ4v) is 6.47. The molecule has 0 fully saturated rings. The molecular formula is C25H29N3O7S2. The van der Waals surface area contributed by atoms with E-state index in [1.54, 1.807) is 6.92 Å². The van der Waals surface area contributed by atoms with Gasteiger partial charge in [0.25, 0.3) is 5.91 Å². The first-order valence-corrected chi connectivity index (χ1v) is 13.7. The van der Waals surface area contributed by atoms with Gasteiger partial charge in [0, 0.05) is 30.1 Å². The fraction of sp³-hybridized carbons (Fsp3) is 0.320. The Labute approximate surface area is 220 Å². The summed E-state index contributed by atoms with van der Waals surface area (Å²) in [7, 11) is -2.55. The number of ether oxygens (including phenoxy) is 2. The molecule has 198 valence electrons. The number of hydrogen-bond donors (Lipinski definition) is 1. The van der Waals surface area contributed by atoms with Crippen LogP contribution in [0, 0.1) is 0 Å². The minimum atomic E-state index is -3.81. The number of benzene rings is 1. The van der Waals surface area contributed by atoms with E-state index in [2.05, 4.69) is 18.5 Å². The zero-order chi connectivity index (χ0) is 27.2. The van der Waals surface area contributed by atoms with Gasteiger partial charge in [0.1, 0.15) is 5.00 Å². The van der Waals surface area contributed by atoms with Gasteiger partial charge in [-0.3, -0.25) is 4.79 Å². The molecule has 37 heavy (non-hydrogen) atoms. The number of carbonyl (C=O) groups is 3. The van der Waals surface area contributed by atoms with Crippen LogP contribution >= 0.6 is 11.3 Å². The number of rotatable bonds is 10. The first kappa shape index (κ1) is 28.1. The Morgan fingerprint density at radius 3 is 2.38 bits per heavy atom. The highest BCUT2D eigenvalue weighted by molar-refractivity contribution is 7.89. The van der Waals surface area contributed by atoms with Gasteiger partial charge in [-0.2, -0.15) is 4.31 Å². The molecule has 1 aromatic heterocycles. The highest BCUT2D eigenvalue weighted by Gasteiger charge is 2.31. The number of nitrogens with zero attached hydrogens (tertiary/aromatic N) is 2. The molecule has 2 heterocycles. The second kappa shape index (κ2) is 12.2. The zero-order valence-corrected chi connectivity index (χ0v) is 22.3. The molecule has 0 unspecified atom stereocenters. The third kappa shape index (κ3) is 6.09. The molecule has 0 bridgehead atoms. The number of methoxy groups -OCH3 is 1. The molecule has 1 N–H and O–H groups in total. The zero-order valence-electron chi connectivity index (χ0n) is 20.7. The van der Waals surface area contributed by atoms with Crippen molar-refractivity contribution in [1.29, 1.82) is 0 Å². The minimum absolute atomic E-state index is 0.0219. The molecule has 0 aliphatic carbocycles. The van der Waals surface area contributed by atoms with Crippen LogP contribution in [0.2, 0.25) is 0 Å². The van der Waals surface area contributed by atoms with E-state index in [4.69, 9.17) is 9.47 Å². The van der Waals surface area contributed by atoms with E-state index in [0.717, 1.165) is 10.4 Å². The Morgan fingerprint density at radius 2 is 1.81 bits per heavy atom. The van der Waals surface area contributed by atoms with E-state index < -0.39 is 28.0 Å². The standard InChI is InChI=1S/C25H29N3O7S2/c1-5-13-28(14-6-2)37(32,33)18-10-8-17(9-11-18)22(29)26-23-21(24(30)34-4)19-12-15-27(16-20(19)36-23)25(31)35-7-3/h5-6,8-11H,1-2,7,12-16H2,3-4H3,(H,26,29). The number of nitrogens with one attached hydrogen (secondary N) is 1. The first-order valence-electron chi connectivity index (χ1n) is 11.5. The van der Waals surface area contributed by atoms with E-state index in [1.165, 1.54) is 64.1 Å². The van der Waals surface area contributed by atoms with Crippen LogP contribution in [0.25, 0.3) is 0 Å². The van der Waals surface area contributed by atoms with Crippen LogP contribution < -0.4 is 5.32 Å². The van der Waals surface area contributed by atoms with Crippen LogP contribution in [0.1, 0.15) is 38.1 Å². The maximum absolute atomic E-state index is 13.0. The third-order valence-electron chi connectivity index (χ3n) is 5.62. The molecule has 0 saturated carbocycles. The molecule has 0 spiro atoms. The normalized spacial score (nSPS) is 13.0. The van der Waals surface area contributed by atoms with E-state index >= 15 is 0 Å². The maximum Gasteiger partial charge on any atom is 0.410 e. The quantitative estimate of drug-likeness (QED) is 0.356. The summed E-state index contributed by atoms with van der Waals surface area (Å²) < 4.78 is 37.0.